The molecule has 0 bridgehead atoms. The Morgan fingerprint density at radius 3 is 2.68 bits per heavy atom. The van der Waals surface area contributed by atoms with Gasteiger partial charge in [-0.05, 0) is 30.2 Å². The number of pyridine rings is 1. The summed E-state index contributed by atoms with van der Waals surface area (Å²) in [6.07, 6.45) is 1.56. The summed E-state index contributed by atoms with van der Waals surface area (Å²) in [7, 11) is 0. The fourth-order valence-corrected chi connectivity index (χ4v) is 4.78. The summed E-state index contributed by atoms with van der Waals surface area (Å²) >= 11 is 0. The Hall–Kier alpha value is -3.76. The fourth-order valence-electron chi connectivity index (χ4n) is 4.78. The first-order valence-electron chi connectivity index (χ1n) is 11.7. The molecule has 7 nitrogen and oxygen atoms in total. The second-order valence-electron chi connectivity index (χ2n) is 8.71. The average Bonchev–Trinajstić information content (AvgIpc) is 2.90. The topological polar surface area (TPSA) is 86.5 Å². The van der Waals surface area contributed by atoms with E-state index in [1.165, 1.54) is 0 Å². The predicted molar refractivity (Wildman–Crippen MR) is 127 cm³/mol. The Labute approximate surface area is 198 Å². The molecule has 34 heavy (non-hydrogen) atoms. The van der Waals surface area contributed by atoms with E-state index in [9.17, 15) is 9.59 Å². The molecule has 0 saturated carbocycles. The second-order valence-corrected chi connectivity index (χ2v) is 8.71. The molecule has 1 saturated heterocycles. The Bertz CT molecular complexity index is 1290. The van der Waals surface area contributed by atoms with E-state index in [1.54, 1.807) is 6.07 Å². The van der Waals surface area contributed by atoms with Crippen molar-refractivity contribution in [2.45, 2.75) is 25.8 Å². The Kier molecular flexibility index (Phi) is 6.24. The van der Waals surface area contributed by atoms with Gasteiger partial charge >= 0.3 is 0 Å². The summed E-state index contributed by atoms with van der Waals surface area (Å²) in [5.74, 6) is 0.0340. The number of carbonyl (C=O) groups is 2. The van der Waals surface area contributed by atoms with Crippen molar-refractivity contribution < 1.29 is 14.3 Å². The number of hydrogen-bond donors (Lipinski definition) is 0. The van der Waals surface area contributed by atoms with Crippen molar-refractivity contribution in [2.24, 2.45) is 0 Å². The van der Waals surface area contributed by atoms with Crippen LogP contribution in [0.2, 0.25) is 0 Å². The van der Waals surface area contributed by atoms with Gasteiger partial charge in [0.2, 0.25) is 5.91 Å². The molecule has 1 aromatic heterocycles. The van der Waals surface area contributed by atoms with Crippen LogP contribution in [0.25, 0.3) is 10.9 Å². The molecule has 3 heterocycles. The third kappa shape index (κ3) is 4.37. The Morgan fingerprint density at radius 2 is 1.85 bits per heavy atom. The van der Waals surface area contributed by atoms with Crippen molar-refractivity contribution in [2.75, 3.05) is 32.8 Å². The first-order chi connectivity index (χ1) is 16.6. The molecule has 0 unspecified atom stereocenters. The average molecular weight is 455 g/mol. The summed E-state index contributed by atoms with van der Waals surface area (Å²) in [6.45, 7) is 3.17. The van der Waals surface area contributed by atoms with Crippen molar-refractivity contribution in [3.63, 3.8) is 0 Å². The van der Waals surface area contributed by atoms with Gasteiger partial charge in [-0.2, -0.15) is 5.26 Å². The van der Waals surface area contributed by atoms with Gasteiger partial charge in [-0.15, -0.1) is 0 Å². The molecule has 7 heteroatoms. The van der Waals surface area contributed by atoms with E-state index in [1.807, 2.05) is 52.3 Å². The normalized spacial score (nSPS) is 15.6. The summed E-state index contributed by atoms with van der Waals surface area (Å²) < 4.78 is 5.44. The highest BCUT2D eigenvalue weighted by Crippen LogP contribution is 2.30. The van der Waals surface area contributed by atoms with Gasteiger partial charge in [0, 0.05) is 55.7 Å². The van der Waals surface area contributed by atoms with Gasteiger partial charge in [-0.3, -0.25) is 14.6 Å². The molecular formula is C27H26N4O3. The van der Waals surface area contributed by atoms with Gasteiger partial charge in [-0.1, -0.05) is 30.3 Å². The first kappa shape index (κ1) is 22.1. The highest BCUT2D eigenvalue weighted by atomic mass is 16.5. The summed E-state index contributed by atoms with van der Waals surface area (Å²) in [5, 5.41) is 9.94. The lowest BCUT2D eigenvalue weighted by molar-refractivity contribution is -0.132. The molecule has 2 aliphatic heterocycles. The summed E-state index contributed by atoms with van der Waals surface area (Å²) in [5.41, 5.74) is 4.82. The van der Waals surface area contributed by atoms with E-state index in [4.69, 9.17) is 15.0 Å². The molecule has 1 fully saturated rings. The summed E-state index contributed by atoms with van der Waals surface area (Å²) in [4.78, 5) is 35.3. The number of morpholine rings is 1. The third-order valence-electron chi connectivity index (χ3n) is 6.59. The quantitative estimate of drug-likeness (QED) is 0.605. The van der Waals surface area contributed by atoms with Gasteiger partial charge in [-0.25, -0.2) is 0 Å². The molecule has 0 radical (unpaired) electrons. The monoisotopic (exact) mass is 454 g/mol. The molecule has 3 aromatic rings. The van der Waals surface area contributed by atoms with Crippen molar-refractivity contribution in [1.82, 2.24) is 14.8 Å². The predicted octanol–water partition coefficient (Wildman–Crippen LogP) is 3.10. The van der Waals surface area contributed by atoms with E-state index in [-0.39, 0.29) is 11.8 Å². The van der Waals surface area contributed by atoms with E-state index in [2.05, 4.69) is 6.07 Å². The molecule has 0 spiro atoms. The lowest BCUT2D eigenvalue weighted by atomic mass is 9.94. The number of rotatable bonds is 4. The van der Waals surface area contributed by atoms with Crippen LogP contribution in [0.5, 0.6) is 0 Å². The molecule has 2 aliphatic rings. The van der Waals surface area contributed by atoms with Crippen LogP contribution in [0.15, 0.2) is 48.5 Å². The van der Waals surface area contributed by atoms with Crippen molar-refractivity contribution in [3.05, 3.63) is 76.5 Å². The maximum atomic E-state index is 13.6. The first-order valence-corrected chi connectivity index (χ1v) is 11.7. The number of fused-ring (bicyclic) bond motifs is 2. The number of aryl methyl sites for hydroxylation is 1. The van der Waals surface area contributed by atoms with Gasteiger partial charge in [0.05, 0.1) is 35.9 Å². The molecular weight excluding hydrogens is 428 g/mol. The number of aromatic nitrogens is 1. The number of para-hydroxylation sites is 1. The third-order valence-corrected chi connectivity index (χ3v) is 6.59. The number of benzene rings is 2. The van der Waals surface area contributed by atoms with Crippen LogP contribution in [-0.4, -0.2) is 59.4 Å². The number of nitrogens with zero attached hydrogens (tertiary/aromatic N) is 4. The molecule has 0 aliphatic carbocycles. The lowest BCUT2D eigenvalue weighted by Gasteiger charge is -2.32. The second kappa shape index (κ2) is 9.62. The molecule has 0 N–H and O–H groups in total. The van der Waals surface area contributed by atoms with Crippen LogP contribution < -0.4 is 0 Å². The number of amides is 2. The lowest BCUT2D eigenvalue weighted by Crippen LogP contribution is -2.42. The maximum absolute atomic E-state index is 13.6. The largest absolute Gasteiger partial charge is 0.378 e. The number of carbonyl (C=O) groups excluding carboxylic acids is 2. The van der Waals surface area contributed by atoms with Crippen LogP contribution in [0, 0.1) is 11.3 Å². The van der Waals surface area contributed by atoms with Crippen molar-refractivity contribution >= 4 is 22.7 Å². The Morgan fingerprint density at radius 1 is 1.03 bits per heavy atom. The van der Waals surface area contributed by atoms with E-state index >= 15 is 0 Å². The maximum Gasteiger partial charge on any atom is 0.255 e. The van der Waals surface area contributed by atoms with Gasteiger partial charge in [0.25, 0.3) is 5.91 Å². The van der Waals surface area contributed by atoms with E-state index in [0.717, 1.165) is 27.7 Å². The minimum atomic E-state index is -0.0132. The van der Waals surface area contributed by atoms with E-state index in [0.29, 0.717) is 69.8 Å². The zero-order valence-corrected chi connectivity index (χ0v) is 19.0. The van der Waals surface area contributed by atoms with Crippen LogP contribution in [-0.2, 0) is 28.9 Å². The van der Waals surface area contributed by atoms with Crippen molar-refractivity contribution in [3.8, 4) is 6.07 Å². The summed E-state index contributed by atoms with van der Waals surface area (Å²) in [6, 6.07) is 17.3. The highest BCUT2D eigenvalue weighted by Gasteiger charge is 2.30. The van der Waals surface area contributed by atoms with Crippen molar-refractivity contribution in [1.29, 1.82) is 5.26 Å². The fraction of sp³-hybridized carbons (Fsp3) is 0.333. The smallest absolute Gasteiger partial charge is 0.255 e. The standard InChI is InChI=1S/C27H26N4O3/c28-17-20-5-3-4-19(16-20)8-9-25(32)31-11-10-24-22(18-31)26(21-6-1-2-7-23(21)29-24)27(33)30-12-14-34-15-13-30/h1-7,16H,8-15,18H2. The Balaban J connectivity index is 1.41. The number of ether oxygens (including phenoxy) is 1. The van der Waals surface area contributed by atoms with Gasteiger partial charge in [0.15, 0.2) is 0 Å². The van der Waals surface area contributed by atoms with Gasteiger partial charge < -0.3 is 14.5 Å². The minimum Gasteiger partial charge on any atom is -0.378 e. The number of nitriles is 1. The minimum absolute atomic E-state index is 0.0132. The zero-order valence-electron chi connectivity index (χ0n) is 19.0. The highest BCUT2D eigenvalue weighted by molar-refractivity contribution is 6.07. The van der Waals surface area contributed by atoms with E-state index < -0.39 is 0 Å². The van der Waals surface area contributed by atoms with Crippen LogP contribution in [0.3, 0.4) is 0 Å². The molecule has 2 amide bonds. The zero-order chi connectivity index (χ0) is 23.5. The van der Waals surface area contributed by atoms with Crippen LogP contribution >= 0.6 is 0 Å². The molecule has 0 atom stereocenters. The molecule has 2 aromatic carbocycles. The van der Waals surface area contributed by atoms with Crippen LogP contribution in [0.4, 0.5) is 0 Å². The molecule has 172 valence electrons. The SMILES string of the molecule is N#Cc1cccc(CCC(=O)N2CCc3nc4ccccc4c(C(=O)N4CCOCC4)c3C2)c1. The molecule has 5 rings (SSSR count). The van der Waals surface area contributed by atoms with Gasteiger partial charge in [0.1, 0.15) is 0 Å². The van der Waals surface area contributed by atoms with Crippen LogP contribution in [0.1, 0.15) is 39.2 Å². The number of hydrogen-bond acceptors (Lipinski definition) is 5.